The average Bonchev–Trinajstić information content (AvgIpc) is 2.27. The summed E-state index contributed by atoms with van der Waals surface area (Å²) in [5.41, 5.74) is 0. The lowest BCUT2D eigenvalue weighted by molar-refractivity contribution is 0.423. The molecule has 0 bridgehead atoms. The van der Waals surface area contributed by atoms with Crippen LogP contribution in [0.1, 0.15) is 52.4 Å². The largest absolute Gasteiger partial charge is 0.286 e. The quantitative estimate of drug-likeness (QED) is 0.445. The smallest absolute Gasteiger partial charge is 0.264 e. The topological polar surface area (TPSA) is 109 Å². The lowest BCUT2D eigenvalue weighted by atomic mass is 9.96. The molecule has 2 unspecified atom stereocenters. The van der Waals surface area contributed by atoms with Gasteiger partial charge in [0.2, 0.25) is 0 Å². The lowest BCUT2D eigenvalue weighted by Crippen LogP contribution is -2.09. The Labute approximate surface area is 122 Å². The zero-order chi connectivity index (χ0) is 15.8. The summed E-state index contributed by atoms with van der Waals surface area (Å²) in [5.74, 6) is 0.0906. The van der Waals surface area contributed by atoms with Crippen LogP contribution in [0.15, 0.2) is 0 Å². The summed E-state index contributed by atoms with van der Waals surface area (Å²) in [6.07, 6.45) is 4.58. The molecule has 0 aromatic heterocycles. The molecule has 2 atom stereocenters. The molecule has 0 aromatic rings. The Bertz CT molecular complexity index is 410. The zero-order valence-electron chi connectivity index (χ0n) is 12.2. The molecule has 6 nitrogen and oxygen atoms in total. The van der Waals surface area contributed by atoms with E-state index in [0.29, 0.717) is 12.8 Å². The van der Waals surface area contributed by atoms with Gasteiger partial charge >= 0.3 is 0 Å². The van der Waals surface area contributed by atoms with Gasteiger partial charge in [-0.3, -0.25) is 9.11 Å². The highest BCUT2D eigenvalue weighted by molar-refractivity contribution is 7.86. The van der Waals surface area contributed by atoms with Crippen LogP contribution in [-0.2, 0) is 20.2 Å². The molecule has 0 saturated heterocycles. The van der Waals surface area contributed by atoms with Crippen molar-refractivity contribution in [3.8, 4) is 0 Å². The number of rotatable bonds is 11. The molecular formula is C12H26O6S2. The van der Waals surface area contributed by atoms with Crippen molar-refractivity contribution < 1.29 is 25.9 Å². The molecule has 0 saturated carbocycles. The van der Waals surface area contributed by atoms with E-state index in [2.05, 4.69) is 0 Å². The predicted molar refractivity (Wildman–Crippen MR) is 78.9 cm³/mol. The fraction of sp³-hybridized carbons (Fsp3) is 1.00. The Morgan fingerprint density at radius 2 is 1.00 bits per heavy atom. The van der Waals surface area contributed by atoms with E-state index in [9.17, 15) is 16.8 Å². The summed E-state index contributed by atoms with van der Waals surface area (Å²) in [7, 11) is -7.73. The fourth-order valence-electron chi connectivity index (χ4n) is 1.97. The Balaban J connectivity index is 3.65. The summed E-state index contributed by atoms with van der Waals surface area (Å²) in [4.78, 5) is 0. The zero-order valence-corrected chi connectivity index (χ0v) is 13.8. The van der Waals surface area contributed by atoms with Crippen LogP contribution >= 0.6 is 0 Å². The van der Waals surface area contributed by atoms with Crippen LogP contribution in [-0.4, -0.2) is 37.4 Å². The van der Waals surface area contributed by atoms with E-state index >= 15 is 0 Å². The minimum atomic E-state index is -3.87. The molecule has 122 valence electrons. The maximum Gasteiger partial charge on any atom is 0.264 e. The van der Waals surface area contributed by atoms with Crippen molar-refractivity contribution in [2.24, 2.45) is 11.8 Å². The second kappa shape index (κ2) is 8.96. The molecule has 2 N–H and O–H groups in total. The minimum Gasteiger partial charge on any atom is -0.286 e. The van der Waals surface area contributed by atoms with Crippen LogP contribution in [0.5, 0.6) is 0 Å². The second-order valence-electron chi connectivity index (χ2n) is 5.64. The van der Waals surface area contributed by atoms with E-state index in [4.69, 9.17) is 9.11 Å². The molecular weight excluding hydrogens is 304 g/mol. The molecule has 0 aliphatic carbocycles. The van der Waals surface area contributed by atoms with Gasteiger partial charge in [0.25, 0.3) is 20.2 Å². The highest BCUT2D eigenvalue weighted by Gasteiger charge is 2.11. The molecule has 0 heterocycles. The Hall–Kier alpha value is -0.180. The molecule has 20 heavy (non-hydrogen) atoms. The fourth-order valence-corrected chi connectivity index (χ4v) is 3.37. The van der Waals surface area contributed by atoms with Gasteiger partial charge in [-0.25, -0.2) is 0 Å². The SMILES string of the molecule is CC(CCCCC(C)CCS(=O)(=O)O)CCS(=O)(=O)O. The van der Waals surface area contributed by atoms with Gasteiger partial charge in [0.15, 0.2) is 0 Å². The van der Waals surface area contributed by atoms with Crippen molar-refractivity contribution in [2.45, 2.75) is 52.4 Å². The molecule has 0 radical (unpaired) electrons. The monoisotopic (exact) mass is 330 g/mol. The lowest BCUT2D eigenvalue weighted by Gasteiger charge is -2.12. The number of unbranched alkanes of at least 4 members (excludes halogenated alkanes) is 1. The first-order chi connectivity index (χ1) is 8.99. The molecule has 0 aliphatic heterocycles. The summed E-state index contributed by atoms with van der Waals surface area (Å²) < 4.78 is 59.7. The van der Waals surface area contributed by atoms with Crippen LogP contribution in [0.3, 0.4) is 0 Å². The summed E-state index contributed by atoms with van der Waals surface area (Å²) in [5, 5.41) is 0. The number of hydrogen-bond acceptors (Lipinski definition) is 4. The Morgan fingerprint density at radius 1 is 0.700 bits per heavy atom. The maximum atomic E-state index is 10.6. The van der Waals surface area contributed by atoms with Gasteiger partial charge in [-0.2, -0.15) is 16.8 Å². The van der Waals surface area contributed by atoms with Crippen molar-refractivity contribution in [1.29, 1.82) is 0 Å². The third-order valence-corrected chi connectivity index (χ3v) is 4.88. The van der Waals surface area contributed by atoms with Crippen molar-refractivity contribution >= 4 is 20.2 Å². The number of hydrogen-bond donors (Lipinski definition) is 2. The van der Waals surface area contributed by atoms with Gasteiger partial charge in [0.1, 0.15) is 0 Å². The van der Waals surface area contributed by atoms with E-state index in [0.717, 1.165) is 25.7 Å². The molecule has 0 aromatic carbocycles. The van der Waals surface area contributed by atoms with E-state index in [-0.39, 0.29) is 23.3 Å². The van der Waals surface area contributed by atoms with Gasteiger partial charge < -0.3 is 0 Å². The first-order valence-corrected chi connectivity index (χ1v) is 10.1. The van der Waals surface area contributed by atoms with Crippen LogP contribution < -0.4 is 0 Å². The van der Waals surface area contributed by atoms with Crippen LogP contribution in [0.25, 0.3) is 0 Å². The molecule has 0 amide bonds. The van der Waals surface area contributed by atoms with Gasteiger partial charge in [0.05, 0.1) is 11.5 Å². The van der Waals surface area contributed by atoms with Crippen LogP contribution in [0.4, 0.5) is 0 Å². The standard InChI is InChI=1S/C12H26O6S2/c1-11(7-9-19(13,14)15)5-3-4-6-12(2)8-10-20(16,17)18/h11-12H,3-10H2,1-2H3,(H,13,14,15)(H,16,17,18). The first kappa shape index (κ1) is 19.8. The Kier molecular flexibility index (Phi) is 8.88. The van der Waals surface area contributed by atoms with Crippen molar-refractivity contribution in [3.63, 3.8) is 0 Å². The normalized spacial score (nSPS) is 16.0. The van der Waals surface area contributed by atoms with E-state index < -0.39 is 20.2 Å². The Morgan fingerprint density at radius 3 is 1.25 bits per heavy atom. The molecule has 0 aliphatic rings. The van der Waals surface area contributed by atoms with E-state index in [1.165, 1.54) is 0 Å². The van der Waals surface area contributed by atoms with Gasteiger partial charge in [-0.05, 0) is 24.7 Å². The average molecular weight is 330 g/mol. The maximum absolute atomic E-state index is 10.6. The second-order valence-corrected chi connectivity index (χ2v) is 8.79. The van der Waals surface area contributed by atoms with E-state index in [1.807, 2.05) is 13.8 Å². The summed E-state index contributed by atoms with van der Waals surface area (Å²) in [6.45, 7) is 3.90. The molecule has 0 spiro atoms. The van der Waals surface area contributed by atoms with Crippen molar-refractivity contribution in [1.82, 2.24) is 0 Å². The van der Waals surface area contributed by atoms with Crippen molar-refractivity contribution in [3.05, 3.63) is 0 Å². The van der Waals surface area contributed by atoms with Gasteiger partial charge in [-0.15, -0.1) is 0 Å². The third kappa shape index (κ3) is 14.2. The minimum absolute atomic E-state index is 0.196. The predicted octanol–water partition coefficient (Wildman–Crippen LogP) is 2.37. The van der Waals surface area contributed by atoms with Crippen LogP contribution in [0, 0.1) is 11.8 Å². The van der Waals surface area contributed by atoms with Crippen molar-refractivity contribution in [2.75, 3.05) is 11.5 Å². The highest BCUT2D eigenvalue weighted by Crippen LogP contribution is 2.18. The van der Waals surface area contributed by atoms with Gasteiger partial charge in [-0.1, -0.05) is 39.5 Å². The van der Waals surface area contributed by atoms with Crippen LogP contribution in [0.2, 0.25) is 0 Å². The molecule has 8 heteroatoms. The van der Waals surface area contributed by atoms with E-state index in [1.54, 1.807) is 0 Å². The first-order valence-electron chi connectivity index (χ1n) is 6.90. The summed E-state index contributed by atoms with van der Waals surface area (Å²) in [6, 6.07) is 0. The van der Waals surface area contributed by atoms with Gasteiger partial charge in [0, 0.05) is 0 Å². The molecule has 0 rings (SSSR count). The highest BCUT2D eigenvalue weighted by atomic mass is 32.2. The molecule has 0 fully saturated rings. The summed E-state index contributed by atoms with van der Waals surface area (Å²) >= 11 is 0. The third-order valence-electron chi connectivity index (χ3n) is 3.38.